The Morgan fingerprint density at radius 3 is 1.84 bits per heavy atom. The van der Waals surface area contributed by atoms with Crippen LogP contribution in [-0.4, -0.2) is 88.5 Å². The number of hydrogen-bond donors (Lipinski definition) is 8. The van der Waals surface area contributed by atoms with Gasteiger partial charge in [0.15, 0.2) is 0 Å². The summed E-state index contributed by atoms with van der Waals surface area (Å²) in [6.07, 6.45) is 0.617. The molecule has 0 fully saturated rings. The summed E-state index contributed by atoms with van der Waals surface area (Å²) < 4.78 is 0. The first kappa shape index (κ1) is 29.1. The van der Waals surface area contributed by atoms with Gasteiger partial charge in [0.25, 0.3) is 0 Å². The van der Waals surface area contributed by atoms with Crippen LogP contribution in [-0.2, 0) is 28.8 Å². The topological polar surface area (TPSA) is 257 Å². The van der Waals surface area contributed by atoms with E-state index >= 15 is 0 Å². The lowest BCUT2D eigenvalue weighted by Crippen LogP contribution is -2.58. The van der Waals surface area contributed by atoms with E-state index in [0.29, 0.717) is 5.75 Å². The molecule has 0 aliphatic carbocycles. The molecule has 5 amide bonds. The van der Waals surface area contributed by atoms with Crippen LogP contribution in [0.15, 0.2) is 0 Å². The summed E-state index contributed by atoms with van der Waals surface area (Å²) in [5.74, 6) is -5.46. The van der Waals surface area contributed by atoms with Crippen molar-refractivity contribution in [2.24, 2.45) is 17.2 Å². The van der Waals surface area contributed by atoms with Crippen LogP contribution in [0.4, 0.5) is 0 Å². The minimum atomic E-state index is -1.55. The summed E-state index contributed by atoms with van der Waals surface area (Å²) in [4.78, 5) is 70.9. The smallest absolute Gasteiger partial charge is 0.326 e. The number of carbonyl (C=O) groups excluding carboxylic acids is 5. The van der Waals surface area contributed by atoms with Crippen LogP contribution in [0.1, 0.15) is 25.7 Å². The molecule has 0 aromatic heterocycles. The Hall–Kier alpha value is -2.91. The number of nitrogens with one attached hydrogen (secondary N) is 3. The van der Waals surface area contributed by atoms with Gasteiger partial charge >= 0.3 is 5.97 Å². The molecule has 14 nitrogen and oxygen atoms in total. The molecule has 15 heteroatoms. The van der Waals surface area contributed by atoms with Crippen LogP contribution in [0.3, 0.4) is 0 Å². The number of carboxylic acid groups (broad SMARTS) is 1. The van der Waals surface area contributed by atoms with E-state index in [1.54, 1.807) is 6.26 Å². The quantitative estimate of drug-likeness (QED) is 0.106. The number of nitrogens with two attached hydrogens (primary N) is 3. The monoisotopic (exact) mass is 478 g/mol. The van der Waals surface area contributed by atoms with Crippen LogP contribution < -0.4 is 33.2 Å². The predicted octanol–water partition coefficient (Wildman–Crippen LogP) is -4.26. The van der Waals surface area contributed by atoms with Crippen molar-refractivity contribution in [2.75, 3.05) is 18.6 Å². The molecule has 0 aromatic rings. The number of primary amides is 2. The van der Waals surface area contributed by atoms with E-state index in [0.717, 1.165) is 0 Å². The number of carbonyl (C=O) groups is 6. The number of rotatable bonds is 16. The second kappa shape index (κ2) is 15.0. The number of hydrogen-bond acceptors (Lipinski definition) is 9. The highest BCUT2D eigenvalue weighted by Crippen LogP contribution is 2.04. The molecule has 182 valence electrons. The molecule has 0 aliphatic heterocycles. The molecule has 4 atom stereocenters. The van der Waals surface area contributed by atoms with Gasteiger partial charge in [0.1, 0.15) is 24.2 Å². The molecule has 0 saturated heterocycles. The lowest BCUT2D eigenvalue weighted by atomic mass is 10.1. The number of carboxylic acids is 1. The van der Waals surface area contributed by atoms with Gasteiger partial charge in [-0.3, -0.25) is 24.0 Å². The molecule has 4 unspecified atom stereocenters. The summed E-state index contributed by atoms with van der Waals surface area (Å²) in [6.45, 7) is -0.713. The highest BCUT2D eigenvalue weighted by Gasteiger charge is 2.31. The van der Waals surface area contributed by atoms with Gasteiger partial charge in [0.2, 0.25) is 29.5 Å². The maximum Gasteiger partial charge on any atom is 0.326 e. The molecule has 0 rings (SSSR count). The molecule has 0 heterocycles. The maximum absolute atomic E-state index is 12.7. The zero-order chi connectivity index (χ0) is 24.8. The lowest BCUT2D eigenvalue weighted by molar-refractivity contribution is -0.142. The van der Waals surface area contributed by atoms with Crippen LogP contribution in [0, 0.1) is 0 Å². The largest absolute Gasteiger partial charge is 0.480 e. The number of thioether (sulfide) groups is 1. The molecule has 11 N–H and O–H groups in total. The van der Waals surface area contributed by atoms with Gasteiger partial charge in [-0.1, -0.05) is 0 Å². The molecule has 0 saturated carbocycles. The fourth-order valence-electron chi connectivity index (χ4n) is 2.37. The van der Waals surface area contributed by atoms with Crippen molar-refractivity contribution in [3.8, 4) is 0 Å². The highest BCUT2D eigenvalue weighted by molar-refractivity contribution is 7.98. The van der Waals surface area contributed by atoms with Crippen molar-refractivity contribution < 1.29 is 39.0 Å². The van der Waals surface area contributed by atoms with Crippen LogP contribution in [0.5, 0.6) is 0 Å². The Morgan fingerprint density at radius 1 is 0.844 bits per heavy atom. The van der Waals surface area contributed by atoms with Crippen molar-refractivity contribution >= 4 is 47.3 Å². The standard InChI is InChI=1S/C17H30N6O8S/c1-32-5-4-10(17(30)31)22-16(29)11(6-13(20)26)23-15(28)9(2-3-12(19)25)21-14(27)8(18)7-24/h8-11,24H,2-7,18H2,1H3,(H2,19,25)(H2,20,26)(H,21,27)(H,22,29)(H,23,28)(H,30,31). The third-order valence-corrected chi connectivity index (χ3v) is 4.75. The Kier molecular flexibility index (Phi) is 13.6. The summed E-state index contributed by atoms with van der Waals surface area (Å²) >= 11 is 1.36. The van der Waals surface area contributed by atoms with Crippen molar-refractivity contribution in [3.05, 3.63) is 0 Å². The van der Waals surface area contributed by atoms with Gasteiger partial charge in [-0.25, -0.2) is 4.79 Å². The second-order valence-corrected chi connectivity index (χ2v) is 7.75. The zero-order valence-corrected chi connectivity index (χ0v) is 18.4. The lowest BCUT2D eigenvalue weighted by Gasteiger charge is -2.24. The molecule has 32 heavy (non-hydrogen) atoms. The minimum absolute atomic E-state index is 0.0931. The zero-order valence-electron chi connectivity index (χ0n) is 17.5. The summed E-state index contributed by atoms with van der Waals surface area (Å²) in [5.41, 5.74) is 15.6. The minimum Gasteiger partial charge on any atom is -0.480 e. The maximum atomic E-state index is 12.7. The number of aliphatic carboxylic acids is 1. The predicted molar refractivity (Wildman–Crippen MR) is 114 cm³/mol. The Bertz CT molecular complexity index is 707. The van der Waals surface area contributed by atoms with E-state index in [9.17, 15) is 33.9 Å². The first-order valence-corrected chi connectivity index (χ1v) is 10.9. The SMILES string of the molecule is CSCCC(NC(=O)C(CC(N)=O)NC(=O)C(CCC(N)=O)NC(=O)C(N)CO)C(=O)O. The molecular formula is C17H30N6O8S. The van der Waals surface area contributed by atoms with Gasteiger partial charge in [0, 0.05) is 6.42 Å². The Labute approximate surface area is 188 Å². The summed E-state index contributed by atoms with van der Waals surface area (Å²) in [7, 11) is 0. The fraction of sp³-hybridized carbons (Fsp3) is 0.647. The number of amides is 5. The molecule has 0 aromatic carbocycles. The van der Waals surface area contributed by atoms with Crippen molar-refractivity contribution in [3.63, 3.8) is 0 Å². The third kappa shape index (κ3) is 11.5. The summed E-state index contributed by atoms with van der Waals surface area (Å²) in [6, 6.07) is -5.55. The van der Waals surface area contributed by atoms with Crippen molar-refractivity contribution in [2.45, 2.75) is 49.9 Å². The van der Waals surface area contributed by atoms with Crippen LogP contribution >= 0.6 is 11.8 Å². The van der Waals surface area contributed by atoms with Gasteiger partial charge in [0.05, 0.1) is 13.0 Å². The fourth-order valence-corrected chi connectivity index (χ4v) is 2.84. The third-order valence-electron chi connectivity index (χ3n) is 4.11. The average molecular weight is 479 g/mol. The van der Waals surface area contributed by atoms with Crippen molar-refractivity contribution in [1.82, 2.24) is 16.0 Å². The van der Waals surface area contributed by atoms with E-state index < -0.39 is 72.7 Å². The van der Waals surface area contributed by atoms with E-state index in [1.807, 2.05) is 0 Å². The van der Waals surface area contributed by atoms with Gasteiger partial charge in [-0.2, -0.15) is 11.8 Å². The number of aliphatic hydroxyl groups is 1. The van der Waals surface area contributed by atoms with Crippen LogP contribution in [0.2, 0.25) is 0 Å². The normalized spacial score (nSPS) is 14.3. The van der Waals surface area contributed by atoms with Gasteiger partial charge < -0.3 is 43.4 Å². The first-order chi connectivity index (χ1) is 14.9. The highest BCUT2D eigenvalue weighted by atomic mass is 32.2. The van der Waals surface area contributed by atoms with Gasteiger partial charge in [-0.15, -0.1) is 0 Å². The molecule has 0 radical (unpaired) electrons. The van der Waals surface area contributed by atoms with Gasteiger partial charge in [-0.05, 0) is 24.9 Å². The van der Waals surface area contributed by atoms with E-state index in [4.69, 9.17) is 22.3 Å². The molecule has 0 spiro atoms. The average Bonchev–Trinajstić information content (AvgIpc) is 2.71. The van der Waals surface area contributed by atoms with Crippen LogP contribution in [0.25, 0.3) is 0 Å². The Balaban J connectivity index is 5.49. The first-order valence-electron chi connectivity index (χ1n) is 9.48. The van der Waals surface area contributed by atoms with Crippen molar-refractivity contribution in [1.29, 1.82) is 0 Å². The number of aliphatic hydroxyl groups excluding tert-OH is 1. The second-order valence-electron chi connectivity index (χ2n) is 6.77. The molecule has 0 bridgehead atoms. The molecular weight excluding hydrogens is 448 g/mol. The van der Waals surface area contributed by atoms with E-state index in [1.165, 1.54) is 11.8 Å². The Morgan fingerprint density at radius 2 is 1.38 bits per heavy atom. The summed E-state index contributed by atoms with van der Waals surface area (Å²) in [5, 5.41) is 24.9. The van der Waals surface area contributed by atoms with E-state index in [2.05, 4.69) is 16.0 Å². The van der Waals surface area contributed by atoms with E-state index in [-0.39, 0.29) is 19.3 Å². The molecule has 0 aliphatic rings.